The fourth-order valence-electron chi connectivity index (χ4n) is 4.99. The van der Waals surface area contributed by atoms with Gasteiger partial charge in [0.25, 0.3) is 0 Å². The number of halogens is 10. The molecule has 0 aliphatic carbocycles. The standard InChI is InChI=1S/C36H32F10O4/c1-3-34(2,14-4-16-47-22-6-10-26(30(39)18-22)35(43,44)49-24-8-12-28(37)32(41)20-24)15-5-17-48-23-7-11-27(31(40)19-23)36(45,46)50-25-9-13-29(38)33(42)21-25/h6-13,18-21H,3-5,14-17H2,1-2H3. The van der Waals surface area contributed by atoms with E-state index in [1.165, 1.54) is 0 Å². The van der Waals surface area contributed by atoms with Gasteiger partial charge in [-0.2, -0.15) is 17.6 Å². The maximum Gasteiger partial charge on any atom is 0.429 e. The number of hydrogen-bond acceptors (Lipinski definition) is 4. The predicted molar refractivity (Wildman–Crippen MR) is 162 cm³/mol. The maximum absolute atomic E-state index is 14.6. The first-order chi connectivity index (χ1) is 23.5. The smallest absolute Gasteiger partial charge is 0.429 e. The molecule has 4 aromatic rings. The summed E-state index contributed by atoms with van der Waals surface area (Å²) in [5, 5.41) is 0. The van der Waals surface area contributed by atoms with Gasteiger partial charge in [0.05, 0.1) is 13.2 Å². The minimum absolute atomic E-state index is 0.00610. The molecule has 0 fully saturated rings. The summed E-state index contributed by atoms with van der Waals surface area (Å²) >= 11 is 0. The zero-order valence-electron chi connectivity index (χ0n) is 26.8. The summed E-state index contributed by atoms with van der Waals surface area (Å²) in [5.74, 6) is -9.37. The number of rotatable bonds is 17. The van der Waals surface area contributed by atoms with Crippen LogP contribution in [0.2, 0.25) is 0 Å². The van der Waals surface area contributed by atoms with E-state index in [9.17, 15) is 43.9 Å². The minimum atomic E-state index is -4.18. The molecule has 0 aliphatic rings. The number of benzene rings is 4. The normalized spacial score (nSPS) is 12.2. The molecule has 270 valence electrons. The molecular weight excluding hydrogens is 686 g/mol. The van der Waals surface area contributed by atoms with E-state index < -0.39 is 69.7 Å². The highest BCUT2D eigenvalue weighted by Gasteiger charge is 2.39. The van der Waals surface area contributed by atoms with Gasteiger partial charge in [0.1, 0.15) is 45.8 Å². The molecule has 0 unspecified atom stereocenters. The first kappa shape index (κ1) is 38.2. The Kier molecular flexibility index (Phi) is 12.2. The van der Waals surface area contributed by atoms with Crippen molar-refractivity contribution in [3.63, 3.8) is 0 Å². The van der Waals surface area contributed by atoms with Crippen LogP contribution in [-0.2, 0) is 12.2 Å². The highest BCUT2D eigenvalue weighted by atomic mass is 19.3. The molecule has 4 aromatic carbocycles. The Balaban J connectivity index is 1.22. The molecule has 0 aliphatic heterocycles. The number of ether oxygens (including phenoxy) is 4. The second-order valence-corrected chi connectivity index (χ2v) is 11.7. The topological polar surface area (TPSA) is 36.9 Å². The van der Waals surface area contributed by atoms with Crippen LogP contribution in [0.3, 0.4) is 0 Å². The molecule has 0 saturated heterocycles. The summed E-state index contributed by atoms with van der Waals surface area (Å²) in [4.78, 5) is 0. The van der Waals surface area contributed by atoms with Crippen LogP contribution in [0.15, 0.2) is 72.8 Å². The molecule has 4 nitrogen and oxygen atoms in total. The van der Waals surface area contributed by atoms with Crippen molar-refractivity contribution < 1.29 is 62.9 Å². The van der Waals surface area contributed by atoms with Gasteiger partial charge in [-0.3, -0.25) is 0 Å². The first-order valence-corrected chi connectivity index (χ1v) is 15.4. The lowest BCUT2D eigenvalue weighted by Crippen LogP contribution is -2.23. The van der Waals surface area contributed by atoms with E-state index in [4.69, 9.17) is 9.47 Å². The molecule has 14 heteroatoms. The Labute approximate surface area is 281 Å². The molecule has 0 saturated carbocycles. The van der Waals surface area contributed by atoms with Gasteiger partial charge in [-0.15, -0.1) is 0 Å². The van der Waals surface area contributed by atoms with E-state index in [-0.39, 0.29) is 30.1 Å². The predicted octanol–water partition coefficient (Wildman–Crippen LogP) is 11.2. The summed E-state index contributed by atoms with van der Waals surface area (Å²) in [6.45, 7) is 4.29. The zero-order chi connectivity index (χ0) is 36.7. The van der Waals surface area contributed by atoms with Crippen LogP contribution in [0.4, 0.5) is 43.9 Å². The lowest BCUT2D eigenvalue weighted by Gasteiger charge is -2.28. The van der Waals surface area contributed by atoms with Crippen LogP contribution in [0, 0.1) is 40.3 Å². The molecule has 4 rings (SSSR count). The molecule has 0 radical (unpaired) electrons. The first-order valence-electron chi connectivity index (χ1n) is 15.4. The van der Waals surface area contributed by atoms with Gasteiger partial charge in [0, 0.05) is 24.3 Å². The average Bonchev–Trinajstić information content (AvgIpc) is 3.04. The third-order valence-electron chi connectivity index (χ3n) is 8.02. The maximum atomic E-state index is 14.6. The van der Waals surface area contributed by atoms with Crippen LogP contribution < -0.4 is 18.9 Å². The Morgan fingerprint density at radius 1 is 0.480 bits per heavy atom. The van der Waals surface area contributed by atoms with Gasteiger partial charge in [0.15, 0.2) is 23.3 Å². The second kappa shape index (κ2) is 15.9. The molecule has 0 atom stereocenters. The number of hydrogen-bond donors (Lipinski definition) is 0. The minimum Gasteiger partial charge on any atom is -0.493 e. The van der Waals surface area contributed by atoms with Gasteiger partial charge >= 0.3 is 12.2 Å². The van der Waals surface area contributed by atoms with Crippen molar-refractivity contribution in [3.8, 4) is 23.0 Å². The molecule has 0 aromatic heterocycles. The van der Waals surface area contributed by atoms with Gasteiger partial charge in [-0.05, 0) is 79.6 Å². The Bertz CT molecular complexity index is 1640. The van der Waals surface area contributed by atoms with Crippen molar-refractivity contribution in [2.24, 2.45) is 5.41 Å². The van der Waals surface area contributed by atoms with Gasteiger partial charge in [-0.25, -0.2) is 26.3 Å². The van der Waals surface area contributed by atoms with Crippen LogP contribution in [0.1, 0.15) is 57.1 Å². The van der Waals surface area contributed by atoms with E-state index in [0.29, 0.717) is 49.9 Å². The second-order valence-electron chi connectivity index (χ2n) is 11.7. The van der Waals surface area contributed by atoms with Crippen molar-refractivity contribution in [2.75, 3.05) is 13.2 Å². The van der Waals surface area contributed by atoms with E-state index in [1.54, 1.807) is 0 Å². The third kappa shape index (κ3) is 9.97. The Morgan fingerprint density at radius 3 is 1.18 bits per heavy atom. The molecule has 0 amide bonds. The van der Waals surface area contributed by atoms with Crippen LogP contribution in [-0.4, -0.2) is 13.2 Å². The quantitative estimate of drug-likeness (QED) is 0.0805. The fourth-order valence-corrected chi connectivity index (χ4v) is 4.99. The molecule has 0 N–H and O–H groups in total. The summed E-state index contributed by atoms with van der Waals surface area (Å²) in [6, 6.07) is 8.97. The monoisotopic (exact) mass is 718 g/mol. The molecule has 0 spiro atoms. The van der Waals surface area contributed by atoms with E-state index >= 15 is 0 Å². The van der Waals surface area contributed by atoms with Gasteiger partial charge < -0.3 is 18.9 Å². The summed E-state index contributed by atoms with van der Waals surface area (Å²) in [6.07, 6.45) is -5.22. The average molecular weight is 719 g/mol. The van der Waals surface area contributed by atoms with Gasteiger partial charge in [0.2, 0.25) is 0 Å². The third-order valence-corrected chi connectivity index (χ3v) is 8.02. The van der Waals surface area contributed by atoms with Crippen molar-refractivity contribution in [1.29, 1.82) is 0 Å². The Hall–Kier alpha value is -4.62. The summed E-state index contributed by atoms with van der Waals surface area (Å²) < 4.78 is 160. The molecular formula is C36H32F10O4. The van der Waals surface area contributed by atoms with E-state index in [0.717, 1.165) is 55.0 Å². The van der Waals surface area contributed by atoms with Crippen LogP contribution >= 0.6 is 0 Å². The molecule has 0 bridgehead atoms. The summed E-state index contributed by atoms with van der Waals surface area (Å²) in [7, 11) is 0. The van der Waals surface area contributed by atoms with Crippen molar-refractivity contribution >= 4 is 0 Å². The lowest BCUT2D eigenvalue weighted by molar-refractivity contribution is -0.188. The number of alkyl halides is 4. The Morgan fingerprint density at radius 2 is 0.840 bits per heavy atom. The molecule has 0 heterocycles. The largest absolute Gasteiger partial charge is 0.493 e. The summed E-state index contributed by atoms with van der Waals surface area (Å²) in [5.41, 5.74) is -2.43. The SMILES string of the molecule is CCC(C)(CCCOc1ccc(C(F)(F)Oc2ccc(F)c(F)c2)c(F)c1)CCCOc1ccc(C(F)(F)Oc2ccc(F)c(F)c2)c(F)c1. The molecule has 50 heavy (non-hydrogen) atoms. The zero-order valence-corrected chi connectivity index (χ0v) is 26.8. The highest BCUT2D eigenvalue weighted by Crippen LogP contribution is 2.37. The highest BCUT2D eigenvalue weighted by molar-refractivity contribution is 5.33. The van der Waals surface area contributed by atoms with Crippen molar-refractivity contribution in [2.45, 2.75) is 58.2 Å². The fraction of sp³-hybridized carbons (Fsp3) is 0.333. The van der Waals surface area contributed by atoms with Crippen LogP contribution in [0.5, 0.6) is 23.0 Å². The van der Waals surface area contributed by atoms with Crippen molar-refractivity contribution in [3.05, 3.63) is 119 Å². The van der Waals surface area contributed by atoms with Crippen molar-refractivity contribution in [1.82, 2.24) is 0 Å². The van der Waals surface area contributed by atoms with E-state index in [2.05, 4.69) is 9.47 Å². The van der Waals surface area contributed by atoms with E-state index in [1.807, 2.05) is 13.8 Å². The van der Waals surface area contributed by atoms with Gasteiger partial charge in [-0.1, -0.05) is 20.3 Å². The lowest BCUT2D eigenvalue weighted by atomic mass is 9.79. The van der Waals surface area contributed by atoms with Crippen LogP contribution in [0.25, 0.3) is 0 Å².